The van der Waals surface area contributed by atoms with E-state index in [-0.39, 0.29) is 5.91 Å². The zero-order valence-electron chi connectivity index (χ0n) is 11.0. The minimum Gasteiger partial charge on any atom is -0.383 e. The zero-order valence-corrected chi connectivity index (χ0v) is 11.8. The number of rotatable bonds is 9. The Kier molecular flexibility index (Phi) is 9.83. The summed E-state index contributed by atoms with van der Waals surface area (Å²) in [5.74, 6) is 2.41. The van der Waals surface area contributed by atoms with Gasteiger partial charge in [-0.05, 0) is 18.1 Å². The van der Waals surface area contributed by atoms with Gasteiger partial charge in [0.15, 0.2) is 0 Å². The Morgan fingerprint density at radius 3 is 2.62 bits per heavy atom. The maximum absolute atomic E-state index is 11.9. The van der Waals surface area contributed by atoms with Gasteiger partial charge in [0.2, 0.25) is 5.91 Å². The Morgan fingerprint density at radius 1 is 1.44 bits per heavy atom. The standard InChI is InChI=1S/C12H25NO2S/c1-5-8-16-10-12(14)13(6-7-15-4)9-11(2)3/h11H,5-10H2,1-4H3. The fourth-order valence-electron chi connectivity index (χ4n) is 1.36. The van der Waals surface area contributed by atoms with Crippen molar-refractivity contribution in [2.45, 2.75) is 27.2 Å². The molecule has 3 nitrogen and oxygen atoms in total. The van der Waals surface area contributed by atoms with Crippen molar-refractivity contribution in [3.8, 4) is 0 Å². The molecule has 16 heavy (non-hydrogen) atoms. The van der Waals surface area contributed by atoms with Crippen LogP contribution in [0.1, 0.15) is 27.2 Å². The highest BCUT2D eigenvalue weighted by molar-refractivity contribution is 7.99. The molecule has 1 amide bonds. The molecule has 0 heterocycles. The second-order valence-corrected chi connectivity index (χ2v) is 5.38. The van der Waals surface area contributed by atoms with Gasteiger partial charge in [-0.3, -0.25) is 4.79 Å². The highest BCUT2D eigenvalue weighted by Gasteiger charge is 2.14. The molecule has 96 valence electrons. The second kappa shape index (κ2) is 9.97. The van der Waals surface area contributed by atoms with E-state index in [0.29, 0.717) is 24.8 Å². The summed E-state index contributed by atoms with van der Waals surface area (Å²) in [7, 11) is 1.67. The van der Waals surface area contributed by atoms with Crippen LogP contribution in [0.4, 0.5) is 0 Å². The molecule has 0 radical (unpaired) electrons. The summed E-state index contributed by atoms with van der Waals surface area (Å²) in [5, 5.41) is 0. The molecule has 0 saturated carbocycles. The Balaban J connectivity index is 3.99. The van der Waals surface area contributed by atoms with E-state index in [4.69, 9.17) is 4.74 Å². The van der Waals surface area contributed by atoms with Gasteiger partial charge < -0.3 is 9.64 Å². The van der Waals surface area contributed by atoms with Gasteiger partial charge in [-0.2, -0.15) is 11.8 Å². The van der Waals surface area contributed by atoms with Gasteiger partial charge in [0.05, 0.1) is 12.4 Å². The first-order valence-electron chi connectivity index (χ1n) is 5.96. The van der Waals surface area contributed by atoms with Crippen molar-refractivity contribution >= 4 is 17.7 Å². The van der Waals surface area contributed by atoms with Gasteiger partial charge >= 0.3 is 0 Å². The van der Waals surface area contributed by atoms with Gasteiger partial charge in [-0.1, -0.05) is 20.8 Å². The minimum atomic E-state index is 0.240. The van der Waals surface area contributed by atoms with E-state index in [1.807, 2.05) is 4.90 Å². The topological polar surface area (TPSA) is 29.5 Å². The Hall–Kier alpha value is -0.220. The first kappa shape index (κ1) is 15.8. The molecule has 0 bridgehead atoms. The summed E-state index contributed by atoms with van der Waals surface area (Å²) in [6, 6.07) is 0. The van der Waals surface area contributed by atoms with E-state index in [1.165, 1.54) is 0 Å². The Labute approximate surface area is 104 Å². The molecule has 0 aromatic carbocycles. The van der Waals surface area contributed by atoms with Crippen LogP contribution >= 0.6 is 11.8 Å². The molecule has 0 unspecified atom stereocenters. The molecule has 0 aliphatic heterocycles. The van der Waals surface area contributed by atoms with Crippen molar-refractivity contribution < 1.29 is 9.53 Å². The third-order valence-corrected chi connectivity index (χ3v) is 3.23. The third kappa shape index (κ3) is 7.99. The molecule has 0 aliphatic carbocycles. The fraction of sp³-hybridized carbons (Fsp3) is 0.917. The van der Waals surface area contributed by atoms with Crippen molar-refractivity contribution in [1.29, 1.82) is 0 Å². The van der Waals surface area contributed by atoms with Crippen molar-refractivity contribution in [3.63, 3.8) is 0 Å². The summed E-state index contributed by atoms with van der Waals surface area (Å²) in [6.07, 6.45) is 1.13. The average molecular weight is 247 g/mol. The van der Waals surface area contributed by atoms with Gasteiger partial charge in [-0.15, -0.1) is 0 Å². The number of thioether (sulfide) groups is 1. The van der Waals surface area contributed by atoms with Crippen LogP contribution in [0.2, 0.25) is 0 Å². The number of hydrogen-bond donors (Lipinski definition) is 0. The van der Waals surface area contributed by atoms with Crippen LogP contribution in [-0.2, 0) is 9.53 Å². The second-order valence-electron chi connectivity index (χ2n) is 4.28. The van der Waals surface area contributed by atoms with E-state index in [2.05, 4.69) is 20.8 Å². The SMILES string of the molecule is CCCSCC(=O)N(CCOC)CC(C)C. The number of amides is 1. The quantitative estimate of drug-likeness (QED) is 0.585. The molecule has 0 saturated heterocycles. The van der Waals surface area contributed by atoms with Crippen LogP contribution in [-0.4, -0.2) is 49.1 Å². The molecule has 0 aromatic rings. The Morgan fingerprint density at radius 2 is 2.12 bits per heavy atom. The summed E-state index contributed by atoms with van der Waals surface area (Å²) < 4.78 is 5.03. The molecular formula is C12H25NO2S. The lowest BCUT2D eigenvalue weighted by Crippen LogP contribution is -2.37. The highest BCUT2D eigenvalue weighted by atomic mass is 32.2. The predicted molar refractivity (Wildman–Crippen MR) is 70.9 cm³/mol. The molecule has 0 fully saturated rings. The van der Waals surface area contributed by atoms with Crippen LogP contribution in [0.15, 0.2) is 0 Å². The molecular weight excluding hydrogens is 222 g/mol. The smallest absolute Gasteiger partial charge is 0.232 e. The van der Waals surface area contributed by atoms with Crippen LogP contribution < -0.4 is 0 Å². The molecule has 0 N–H and O–H groups in total. The maximum atomic E-state index is 11.9. The molecule has 0 aliphatic rings. The molecule has 0 spiro atoms. The van der Waals surface area contributed by atoms with E-state index < -0.39 is 0 Å². The molecule has 0 aromatic heterocycles. The van der Waals surface area contributed by atoms with Gasteiger partial charge in [0.25, 0.3) is 0 Å². The van der Waals surface area contributed by atoms with Gasteiger partial charge in [0, 0.05) is 20.2 Å². The number of carbonyl (C=O) groups excluding carboxylic acids is 1. The number of hydrogen-bond acceptors (Lipinski definition) is 3. The van der Waals surface area contributed by atoms with Crippen molar-refractivity contribution in [2.24, 2.45) is 5.92 Å². The average Bonchev–Trinajstić information content (AvgIpc) is 2.23. The summed E-state index contributed by atoms with van der Waals surface area (Å²) in [5.41, 5.74) is 0. The fourth-order valence-corrected chi connectivity index (χ4v) is 2.15. The lowest BCUT2D eigenvalue weighted by molar-refractivity contribution is -0.129. The van der Waals surface area contributed by atoms with Gasteiger partial charge in [-0.25, -0.2) is 0 Å². The first-order valence-corrected chi connectivity index (χ1v) is 7.11. The first-order chi connectivity index (χ1) is 7.61. The minimum absolute atomic E-state index is 0.240. The van der Waals surface area contributed by atoms with E-state index in [9.17, 15) is 4.79 Å². The molecule has 0 atom stereocenters. The van der Waals surface area contributed by atoms with E-state index in [0.717, 1.165) is 18.7 Å². The normalized spacial score (nSPS) is 10.8. The largest absolute Gasteiger partial charge is 0.383 e. The number of methoxy groups -OCH3 is 1. The highest BCUT2D eigenvalue weighted by Crippen LogP contribution is 2.06. The zero-order chi connectivity index (χ0) is 12.4. The monoisotopic (exact) mass is 247 g/mol. The van der Waals surface area contributed by atoms with Crippen molar-refractivity contribution in [2.75, 3.05) is 38.3 Å². The summed E-state index contributed by atoms with van der Waals surface area (Å²) >= 11 is 1.72. The lowest BCUT2D eigenvalue weighted by Gasteiger charge is -2.24. The third-order valence-electron chi connectivity index (χ3n) is 2.08. The van der Waals surface area contributed by atoms with Gasteiger partial charge in [0.1, 0.15) is 0 Å². The van der Waals surface area contributed by atoms with Crippen LogP contribution in [0.5, 0.6) is 0 Å². The van der Waals surface area contributed by atoms with Crippen LogP contribution in [0.25, 0.3) is 0 Å². The number of carbonyl (C=O) groups is 1. The number of nitrogens with zero attached hydrogens (tertiary/aromatic N) is 1. The van der Waals surface area contributed by atoms with Crippen LogP contribution in [0.3, 0.4) is 0 Å². The predicted octanol–water partition coefficient (Wildman–Crippen LogP) is 2.26. The lowest BCUT2D eigenvalue weighted by atomic mass is 10.2. The Bertz CT molecular complexity index is 186. The maximum Gasteiger partial charge on any atom is 0.232 e. The van der Waals surface area contributed by atoms with Crippen molar-refractivity contribution in [3.05, 3.63) is 0 Å². The molecule has 0 rings (SSSR count). The van der Waals surface area contributed by atoms with Crippen molar-refractivity contribution in [1.82, 2.24) is 4.90 Å². The molecule has 4 heteroatoms. The number of ether oxygens (including phenoxy) is 1. The van der Waals surface area contributed by atoms with E-state index in [1.54, 1.807) is 18.9 Å². The summed E-state index contributed by atoms with van der Waals surface area (Å²) in [4.78, 5) is 13.8. The summed E-state index contributed by atoms with van der Waals surface area (Å²) in [6.45, 7) is 8.55. The van der Waals surface area contributed by atoms with Crippen LogP contribution in [0, 0.1) is 5.92 Å². The van der Waals surface area contributed by atoms with E-state index >= 15 is 0 Å².